The zero-order chi connectivity index (χ0) is 15.6. The summed E-state index contributed by atoms with van der Waals surface area (Å²) in [6.45, 7) is 0.662. The third-order valence-corrected chi connectivity index (χ3v) is 5.66. The Kier molecular flexibility index (Phi) is 4.84. The topological polar surface area (TPSA) is 44.5 Å². The first-order valence-corrected chi connectivity index (χ1v) is 8.81. The molecule has 1 aromatic rings. The van der Waals surface area contributed by atoms with Gasteiger partial charge in [-0.25, -0.2) is 0 Å². The second-order valence-corrected chi connectivity index (χ2v) is 7.11. The van der Waals surface area contributed by atoms with Crippen molar-refractivity contribution in [3.63, 3.8) is 0 Å². The SMILES string of the molecule is COc1cc(C2(CN)CCCC2)cc(Cl)c1OC1CCCC1. The Labute approximate surface area is 138 Å². The zero-order valence-electron chi connectivity index (χ0n) is 13.4. The van der Waals surface area contributed by atoms with Gasteiger partial charge in [0.1, 0.15) is 0 Å². The maximum Gasteiger partial charge on any atom is 0.180 e. The molecule has 0 unspecified atom stereocenters. The monoisotopic (exact) mass is 323 g/mol. The minimum absolute atomic E-state index is 0.0583. The third-order valence-electron chi connectivity index (χ3n) is 5.38. The molecule has 3 nitrogen and oxygen atoms in total. The fraction of sp³-hybridized carbons (Fsp3) is 0.667. The molecule has 0 atom stereocenters. The van der Waals surface area contributed by atoms with Crippen molar-refractivity contribution in [3.05, 3.63) is 22.7 Å². The van der Waals surface area contributed by atoms with Crippen LogP contribution in [-0.2, 0) is 5.41 Å². The normalized spacial score (nSPS) is 21.2. The minimum Gasteiger partial charge on any atom is -0.493 e. The van der Waals surface area contributed by atoms with Crippen LogP contribution >= 0.6 is 11.6 Å². The highest BCUT2D eigenvalue weighted by molar-refractivity contribution is 6.32. The van der Waals surface area contributed by atoms with Crippen molar-refractivity contribution in [3.8, 4) is 11.5 Å². The predicted octanol–water partition coefficient (Wildman–Crippen LogP) is 4.44. The zero-order valence-corrected chi connectivity index (χ0v) is 14.1. The van der Waals surface area contributed by atoms with Crippen LogP contribution in [0.4, 0.5) is 0 Å². The second-order valence-electron chi connectivity index (χ2n) is 6.71. The molecule has 0 heterocycles. The summed E-state index contributed by atoms with van der Waals surface area (Å²) in [7, 11) is 1.68. The van der Waals surface area contributed by atoms with E-state index in [9.17, 15) is 0 Å². The summed E-state index contributed by atoms with van der Waals surface area (Å²) in [5.74, 6) is 1.44. The Morgan fingerprint density at radius 2 is 1.86 bits per heavy atom. The van der Waals surface area contributed by atoms with E-state index in [1.165, 1.54) is 31.2 Å². The molecule has 0 bridgehead atoms. The maximum absolute atomic E-state index is 6.54. The lowest BCUT2D eigenvalue weighted by Gasteiger charge is -2.29. The molecule has 0 aliphatic heterocycles. The Morgan fingerprint density at radius 1 is 1.18 bits per heavy atom. The van der Waals surface area contributed by atoms with E-state index in [2.05, 4.69) is 6.07 Å². The highest BCUT2D eigenvalue weighted by Crippen LogP contribution is 2.46. The van der Waals surface area contributed by atoms with Gasteiger partial charge in [0, 0.05) is 12.0 Å². The molecule has 2 fully saturated rings. The Morgan fingerprint density at radius 3 is 2.45 bits per heavy atom. The number of halogens is 1. The molecule has 1 aromatic carbocycles. The van der Waals surface area contributed by atoms with Crippen molar-refractivity contribution in [2.24, 2.45) is 5.73 Å². The van der Waals surface area contributed by atoms with Gasteiger partial charge in [-0.15, -0.1) is 0 Å². The highest BCUT2D eigenvalue weighted by atomic mass is 35.5. The largest absolute Gasteiger partial charge is 0.493 e. The van der Waals surface area contributed by atoms with Gasteiger partial charge < -0.3 is 15.2 Å². The lowest BCUT2D eigenvalue weighted by atomic mass is 9.79. The number of hydrogen-bond donors (Lipinski definition) is 1. The quantitative estimate of drug-likeness (QED) is 0.871. The van der Waals surface area contributed by atoms with E-state index in [0.717, 1.165) is 31.4 Å². The van der Waals surface area contributed by atoms with Gasteiger partial charge in [0.2, 0.25) is 0 Å². The summed E-state index contributed by atoms with van der Waals surface area (Å²) in [6, 6.07) is 4.14. The van der Waals surface area contributed by atoms with E-state index in [-0.39, 0.29) is 11.5 Å². The number of hydrogen-bond acceptors (Lipinski definition) is 3. The van der Waals surface area contributed by atoms with Crippen LogP contribution in [0.3, 0.4) is 0 Å². The molecular formula is C18H26ClNO2. The second kappa shape index (κ2) is 6.67. The molecule has 3 rings (SSSR count). The van der Waals surface area contributed by atoms with E-state index in [1.54, 1.807) is 7.11 Å². The molecule has 0 saturated heterocycles. The van der Waals surface area contributed by atoms with Crippen LogP contribution in [0.15, 0.2) is 12.1 Å². The summed E-state index contributed by atoms with van der Waals surface area (Å²) in [6.07, 6.45) is 9.68. The molecular weight excluding hydrogens is 298 g/mol. The maximum atomic E-state index is 6.54. The first-order chi connectivity index (χ1) is 10.7. The Balaban J connectivity index is 1.92. The number of benzene rings is 1. The standard InChI is InChI=1S/C18H26ClNO2/c1-21-16-11-13(18(12-20)8-4-5-9-18)10-15(19)17(16)22-14-6-2-3-7-14/h10-11,14H,2-9,12,20H2,1H3. The van der Waals surface area contributed by atoms with Gasteiger partial charge in [-0.3, -0.25) is 0 Å². The van der Waals surface area contributed by atoms with Gasteiger partial charge in [0.25, 0.3) is 0 Å². The first kappa shape index (κ1) is 15.9. The van der Waals surface area contributed by atoms with E-state index >= 15 is 0 Å². The summed E-state index contributed by atoms with van der Waals surface area (Å²) >= 11 is 6.54. The van der Waals surface area contributed by atoms with Crippen LogP contribution in [0.2, 0.25) is 5.02 Å². The molecule has 2 saturated carbocycles. The third kappa shape index (κ3) is 2.93. The number of rotatable bonds is 5. The van der Waals surface area contributed by atoms with Crippen LogP contribution < -0.4 is 15.2 Å². The van der Waals surface area contributed by atoms with Crippen molar-refractivity contribution in [2.75, 3.05) is 13.7 Å². The Hall–Kier alpha value is -0.930. The Bertz CT molecular complexity index is 520. The molecule has 0 radical (unpaired) electrons. The lowest BCUT2D eigenvalue weighted by Crippen LogP contribution is -2.32. The van der Waals surface area contributed by atoms with Crippen LogP contribution in [0.25, 0.3) is 0 Å². The van der Waals surface area contributed by atoms with Gasteiger partial charge in [0.05, 0.1) is 18.2 Å². The number of methoxy groups -OCH3 is 1. The summed E-state index contributed by atoms with van der Waals surface area (Å²) in [5, 5.41) is 0.654. The summed E-state index contributed by atoms with van der Waals surface area (Å²) in [5.41, 5.74) is 7.36. The van der Waals surface area contributed by atoms with Crippen molar-refractivity contribution in [1.82, 2.24) is 0 Å². The lowest BCUT2D eigenvalue weighted by molar-refractivity contribution is 0.200. The van der Waals surface area contributed by atoms with Crippen molar-refractivity contribution >= 4 is 11.6 Å². The molecule has 2 N–H and O–H groups in total. The molecule has 0 spiro atoms. The van der Waals surface area contributed by atoms with E-state index in [4.69, 9.17) is 26.8 Å². The molecule has 0 aromatic heterocycles. The van der Waals surface area contributed by atoms with Crippen LogP contribution in [-0.4, -0.2) is 19.8 Å². The van der Waals surface area contributed by atoms with Crippen molar-refractivity contribution < 1.29 is 9.47 Å². The van der Waals surface area contributed by atoms with E-state index < -0.39 is 0 Å². The van der Waals surface area contributed by atoms with Crippen LogP contribution in [0, 0.1) is 0 Å². The number of ether oxygens (including phenoxy) is 2. The van der Waals surface area contributed by atoms with Gasteiger partial charge in [-0.2, -0.15) is 0 Å². The van der Waals surface area contributed by atoms with E-state index in [0.29, 0.717) is 17.3 Å². The predicted molar refractivity (Wildman–Crippen MR) is 90.1 cm³/mol. The molecule has 0 amide bonds. The summed E-state index contributed by atoms with van der Waals surface area (Å²) in [4.78, 5) is 0. The molecule has 2 aliphatic carbocycles. The van der Waals surface area contributed by atoms with Gasteiger partial charge >= 0.3 is 0 Å². The van der Waals surface area contributed by atoms with Crippen molar-refractivity contribution in [1.29, 1.82) is 0 Å². The minimum atomic E-state index is 0.0583. The highest BCUT2D eigenvalue weighted by Gasteiger charge is 2.35. The molecule has 22 heavy (non-hydrogen) atoms. The van der Waals surface area contributed by atoms with Gasteiger partial charge in [0.15, 0.2) is 11.5 Å². The van der Waals surface area contributed by atoms with E-state index in [1.807, 2.05) is 6.07 Å². The molecule has 2 aliphatic rings. The average Bonchev–Trinajstić information content (AvgIpc) is 3.20. The first-order valence-electron chi connectivity index (χ1n) is 8.43. The van der Waals surface area contributed by atoms with Crippen LogP contribution in [0.5, 0.6) is 11.5 Å². The van der Waals surface area contributed by atoms with Gasteiger partial charge in [-0.1, -0.05) is 24.4 Å². The molecule has 4 heteroatoms. The summed E-state index contributed by atoms with van der Waals surface area (Å²) < 4.78 is 11.7. The molecule has 122 valence electrons. The average molecular weight is 324 g/mol. The fourth-order valence-electron chi connectivity index (χ4n) is 3.98. The fourth-order valence-corrected chi connectivity index (χ4v) is 4.23. The smallest absolute Gasteiger partial charge is 0.180 e. The van der Waals surface area contributed by atoms with Gasteiger partial charge in [-0.05, 0) is 56.2 Å². The van der Waals surface area contributed by atoms with Crippen molar-refractivity contribution in [2.45, 2.75) is 62.9 Å². The van der Waals surface area contributed by atoms with Crippen LogP contribution in [0.1, 0.15) is 56.9 Å². The number of nitrogens with two attached hydrogens (primary N) is 1.